The second-order valence-electron chi connectivity index (χ2n) is 7.78. The summed E-state index contributed by atoms with van der Waals surface area (Å²) in [7, 11) is 1.37. The number of ketones is 1. The smallest absolute Gasteiger partial charge is 0.372 e. The first kappa shape index (κ1) is 25.2. The number of rotatable bonds is 10. The molecule has 11 nitrogen and oxygen atoms in total. The summed E-state index contributed by atoms with van der Waals surface area (Å²) in [6.45, 7) is 2.16. The Balaban J connectivity index is 2.61. The number of aromatic nitrogens is 3. The van der Waals surface area contributed by atoms with Gasteiger partial charge in [0.1, 0.15) is 23.7 Å². The molecule has 0 bridgehead atoms. The fourth-order valence-electron chi connectivity index (χ4n) is 3.51. The minimum absolute atomic E-state index is 0.0231. The van der Waals surface area contributed by atoms with E-state index in [1.807, 2.05) is 0 Å². The number of aliphatic carboxylic acids is 1. The number of alkyl halides is 2. The molecule has 13 heteroatoms. The third-order valence-electron chi connectivity index (χ3n) is 5.27. The molecule has 0 aliphatic carbocycles. The molecule has 1 aromatic rings. The van der Waals surface area contributed by atoms with E-state index in [1.54, 1.807) is 13.8 Å². The number of carboxylic acids is 1. The van der Waals surface area contributed by atoms with Crippen LogP contribution in [-0.4, -0.2) is 91.2 Å². The standard InChI is InChI=1S/C18H27F2N3O8/c1-8(2)11(25)4-10-13(23-5-9(7-30-3)21-22-23)16(19)18(20,17(28)29)31-15(10)14(27)12(26)6-24/h5,8,10,12-16,24,26-27H,4,6-7H2,1-3H3,(H,28,29)/t10-,12-,13?,14-,15?,16+,18-/m1/s1. The van der Waals surface area contributed by atoms with E-state index >= 15 is 8.78 Å². The summed E-state index contributed by atoms with van der Waals surface area (Å²) in [6, 6.07) is -1.74. The van der Waals surface area contributed by atoms with E-state index in [2.05, 4.69) is 10.3 Å². The fourth-order valence-corrected chi connectivity index (χ4v) is 3.51. The van der Waals surface area contributed by atoms with E-state index in [-0.39, 0.29) is 12.3 Å². The Labute approximate surface area is 176 Å². The van der Waals surface area contributed by atoms with Gasteiger partial charge in [-0.15, -0.1) is 5.10 Å². The summed E-state index contributed by atoms with van der Waals surface area (Å²) < 4.78 is 41.1. The Hall–Kier alpha value is -2.06. The molecule has 176 valence electrons. The van der Waals surface area contributed by atoms with Crippen LogP contribution in [0.1, 0.15) is 32.0 Å². The molecule has 1 aliphatic rings. The number of halogens is 2. The Morgan fingerprint density at radius 1 is 1.39 bits per heavy atom. The minimum atomic E-state index is -3.92. The molecule has 31 heavy (non-hydrogen) atoms. The fraction of sp³-hybridized carbons (Fsp3) is 0.778. The molecule has 0 aromatic carbocycles. The van der Waals surface area contributed by atoms with Crippen LogP contribution in [0.5, 0.6) is 0 Å². The van der Waals surface area contributed by atoms with Gasteiger partial charge < -0.3 is 29.9 Å². The van der Waals surface area contributed by atoms with E-state index < -0.39 is 73.0 Å². The molecule has 1 fully saturated rings. The van der Waals surface area contributed by atoms with Crippen molar-refractivity contribution in [2.45, 2.75) is 63.3 Å². The van der Waals surface area contributed by atoms with Crippen LogP contribution in [0.2, 0.25) is 0 Å². The van der Waals surface area contributed by atoms with Crippen LogP contribution in [0.4, 0.5) is 8.78 Å². The number of nitrogens with zero attached hydrogens (tertiary/aromatic N) is 3. The van der Waals surface area contributed by atoms with E-state index in [0.717, 1.165) is 4.68 Å². The monoisotopic (exact) mass is 451 g/mol. The van der Waals surface area contributed by atoms with Crippen molar-refractivity contribution in [1.29, 1.82) is 0 Å². The predicted octanol–water partition coefficient (Wildman–Crippen LogP) is -0.602. The second-order valence-corrected chi connectivity index (χ2v) is 7.78. The van der Waals surface area contributed by atoms with Crippen LogP contribution in [0, 0.1) is 11.8 Å². The van der Waals surface area contributed by atoms with Crippen molar-refractivity contribution in [3.8, 4) is 0 Å². The lowest BCUT2D eigenvalue weighted by molar-refractivity contribution is -0.292. The lowest BCUT2D eigenvalue weighted by Gasteiger charge is -2.46. The quantitative estimate of drug-likeness (QED) is 0.361. The number of carbonyl (C=O) groups excluding carboxylic acids is 1. The third kappa shape index (κ3) is 5.06. The molecular formula is C18H27F2N3O8. The lowest BCUT2D eigenvalue weighted by atomic mass is 9.77. The third-order valence-corrected chi connectivity index (χ3v) is 5.27. The number of hydrogen-bond acceptors (Lipinski definition) is 9. The molecule has 0 amide bonds. The number of carboxylic acid groups (broad SMARTS) is 1. The van der Waals surface area contributed by atoms with E-state index in [9.17, 15) is 30.0 Å². The van der Waals surface area contributed by atoms with Crippen molar-refractivity contribution < 1.29 is 48.3 Å². The summed E-state index contributed by atoms with van der Waals surface area (Å²) in [5, 5.41) is 46.2. The average molecular weight is 451 g/mol. The van der Waals surface area contributed by atoms with Gasteiger partial charge in [-0.1, -0.05) is 19.1 Å². The van der Waals surface area contributed by atoms with Gasteiger partial charge in [0, 0.05) is 25.4 Å². The van der Waals surface area contributed by atoms with Gasteiger partial charge in [-0.05, 0) is 0 Å². The maximum absolute atomic E-state index is 15.3. The molecule has 4 N–H and O–H groups in total. The van der Waals surface area contributed by atoms with Crippen molar-refractivity contribution >= 4 is 11.8 Å². The zero-order valence-corrected chi connectivity index (χ0v) is 17.3. The highest BCUT2D eigenvalue weighted by atomic mass is 19.2. The normalized spacial score (nSPS) is 30.9. The van der Waals surface area contributed by atoms with Crippen LogP contribution in [0.15, 0.2) is 6.20 Å². The number of aliphatic hydroxyl groups is 3. The first-order valence-electron chi connectivity index (χ1n) is 9.61. The average Bonchev–Trinajstić information content (AvgIpc) is 3.17. The molecule has 1 saturated heterocycles. The van der Waals surface area contributed by atoms with Crippen molar-refractivity contribution in [2.24, 2.45) is 11.8 Å². The second kappa shape index (κ2) is 10.0. The molecule has 0 spiro atoms. The summed E-state index contributed by atoms with van der Waals surface area (Å²) >= 11 is 0. The molecular weight excluding hydrogens is 424 g/mol. The van der Waals surface area contributed by atoms with Crippen molar-refractivity contribution in [3.05, 3.63) is 11.9 Å². The molecule has 2 heterocycles. The number of methoxy groups -OCH3 is 1. The predicted molar refractivity (Wildman–Crippen MR) is 98.1 cm³/mol. The van der Waals surface area contributed by atoms with Gasteiger partial charge in [-0.25, -0.2) is 13.9 Å². The molecule has 1 aliphatic heterocycles. The highest BCUT2D eigenvalue weighted by Crippen LogP contribution is 2.46. The molecule has 7 atom stereocenters. The van der Waals surface area contributed by atoms with Crippen LogP contribution in [-0.2, 0) is 25.7 Å². The molecule has 1 aromatic heterocycles. The number of hydrogen-bond donors (Lipinski definition) is 4. The highest BCUT2D eigenvalue weighted by molar-refractivity contribution is 5.81. The van der Waals surface area contributed by atoms with Gasteiger partial charge in [0.05, 0.1) is 31.6 Å². The Morgan fingerprint density at radius 3 is 2.55 bits per heavy atom. The molecule has 2 rings (SSSR count). The zero-order valence-electron chi connectivity index (χ0n) is 17.3. The Kier molecular flexibility index (Phi) is 8.16. The molecule has 0 saturated carbocycles. The van der Waals surface area contributed by atoms with E-state index in [4.69, 9.17) is 9.47 Å². The SMILES string of the molecule is COCc1cn(C2[C@@H](CC(=O)C(C)C)C([C@H](O)[C@H](O)CO)O[C@@](F)(C(=O)O)[C@H]2F)nn1. The maximum Gasteiger partial charge on any atom is 0.372 e. The first-order valence-corrected chi connectivity index (χ1v) is 9.61. The van der Waals surface area contributed by atoms with Gasteiger partial charge >= 0.3 is 11.8 Å². The van der Waals surface area contributed by atoms with Crippen LogP contribution < -0.4 is 0 Å². The number of Topliss-reactive ketones (excluding diaryl/α,β-unsaturated/α-hetero) is 1. The van der Waals surface area contributed by atoms with Gasteiger partial charge in [-0.2, -0.15) is 4.39 Å². The summed E-state index contributed by atoms with van der Waals surface area (Å²) in [5.41, 5.74) is 0.224. The first-order chi connectivity index (χ1) is 14.5. The van der Waals surface area contributed by atoms with Crippen molar-refractivity contribution in [2.75, 3.05) is 13.7 Å². The lowest BCUT2D eigenvalue weighted by Crippen LogP contribution is -2.63. The van der Waals surface area contributed by atoms with Gasteiger partial charge in [0.15, 0.2) is 6.17 Å². The van der Waals surface area contributed by atoms with Crippen molar-refractivity contribution in [3.63, 3.8) is 0 Å². The van der Waals surface area contributed by atoms with Gasteiger partial charge in [-0.3, -0.25) is 4.79 Å². The van der Waals surface area contributed by atoms with E-state index in [0.29, 0.717) is 0 Å². The minimum Gasteiger partial charge on any atom is -0.477 e. The summed E-state index contributed by atoms with van der Waals surface area (Å²) in [4.78, 5) is 24.0. The van der Waals surface area contributed by atoms with Crippen LogP contribution in [0.3, 0.4) is 0 Å². The van der Waals surface area contributed by atoms with Crippen LogP contribution in [0.25, 0.3) is 0 Å². The van der Waals surface area contributed by atoms with Gasteiger partial charge in [0.25, 0.3) is 0 Å². The topological polar surface area (TPSA) is 164 Å². The number of ether oxygens (including phenoxy) is 2. The maximum atomic E-state index is 15.3. The molecule has 2 unspecified atom stereocenters. The Bertz CT molecular complexity index is 779. The largest absolute Gasteiger partial charge is 0.477 e. The highest BCUT2D eigenvalue weighted by Gasteiger charge is 2.63. The van der Waals surface area contributed by atoms with Crippen molar-refractivity contribution in [1.82, 2.24) is 15.0 Å². The van der Waals surface area contributed by atoms with E-state index in [1.165, 1.54) is 13.3 Å². The zero-order chi connectivity index (χ0) is 23.5. The number of carbonyl (C=O) groups is 2. The number of aliphatic hydroxyl groups excluding tert-OH is 3. The van der Waals surface area contributed by atoms with Gasteiger partial charge in [0.2, 0.25) is 0 Å². The summed E-state index contributed by atoms with van der Waals surface area (Å²) in [6.07, 6.45) is -7.84. The summed E-state index contributed by atoms with van der Waals surface area (Å²) in [5.74, 6) is -8.49. The van der Waals surface area contributed by atoms with Crippen LogP contribution >= 0.6 is 0 Å². The Morgan fingerprint density at radius 2 is 2.03 bits per heavy atom. The molecule has 0 radical (unpaired) electrons.